The van der Waals surface area contributed by atoms with Crippen LogP contribution in [0.4, 0.5) is 19.0 Å². The predicted molar refractivity (Wildman–Crippen MR) is 90.1 cm³/mol. The smallest absolute Gasteiger partial charge is 0.405 e. The number of pyridine rings is 1. The molecule has 0 unspecified atom stereocenters. The van der Waals surface area contributed by atoms with Crippen molar-refractivity contribution in [2.45, 2.75) is 24.7 Å². The molecule has 0 aliphatic heterocycles. The standard InChI is InChI=1S/C16H14F3N3O3S/c1-9(23)22-14-7-11(4-5-20-14)15(24)21-8-10-2-3-12(13(26)6-10)25-16(17,18)19/h2-7,26H,8H2,1H3,(H,21,24)(H,20,22,23). The van der Waals surface area contributed by atoms with Crippen LogP contribution in [-0.4, -0.2) is 23.2 Å². The minimum absolute atomic E-state index is 0.00840. The molecule has 2 N–H and O–H groups in total. The lowest BCUT2D eigenvalue weighted by Gasteiger charge is -2.12. The third-order valence-corrected chi connectivity index (χ3v) is 3.38. The summed E-state index contributed by atoms with van der Waals surface area (Å²) in [6.07, 6.45) is -3.44. The van der Waals surface area contributed by atoms with Crippen molar-refractivity contribution >= 4 is 30.3 Å². The van der Waals surface area contributed by atoms with Crippen molar-refractivity contribution in [2.75, 3.05) is 5.32 Å². The SMILES string of the molecule is CC(=O)Nc1cc(C(=O)NCc2ccc(OC(F)(F)F)c(S)c2)ccn1. The lowest BCUT2D eigenvalue weighted by molar-refractivity contribution is -0.275. The maximum atomic E-state index is 12.2. The predicted octanol–water partition coefficient (Wildman–Crippen LogP) is 3.16. The third-order valence-electron chi connectivity index (χ3n) is 3.03. The molecule has 0 radical (unpaired) electrons. The number of hydrogen-bond acceptors (Lipinski definition) is 5. The Hall–Kier alpha value is -2.75. The first-order valence-electron chi connectivity index (χ1n) is 7.23. The fraction of sp³-hybridized carbons (Fsp3) is 0.188. The second-order valence-electron chi connectivity index (χ2n) is 5.14. The molecule has 0 aliphatic carbocycles. The van der Waals surface area contributed by atoms with E-state index < -0.39 is 18.0 Å². The van der Waals surface area contributed by atoms with E-state index in [1.807, 2.05) is 0 Å². The number of amides is 2. The summed E-state index contributed by atoms with van der Waals surface area (Å²) in [5, 5.41) is 5.07. The van der Waals surface area contributed by atoms with Gasteiger partial charge in [-0.1, -0.05) is 6.07 Å². The Bertz CT molecular complexity index is 828. The van der Waals surface area contributed by atoms with Crippen molar-refractivity contribution in [1.82, 2.24) is 10.3 Å². The van der Waals surface area contributed by atoms with Crippen molar-refractivity contribution < 1.29 is 27.5 Å². The van der Waals surface area contributed by atoms with Gasteiger partial charge in [-0.05, 0) is 29.8 Å². The van der Waals surface area contributed by atoms with Gasteiger partial charge in [0.15, 0.2) is 0 Å². The van der Waals surface area contributed by atoms with Crippen LogP contribution in [0.25, 0.3) is 0 Å². The van der Waals surface area contributed by atoms with Crippen molar-refractivity contribution in [3.8, 4) is 5.75 Å². The number of carbonyl (C=O) groups excluding carboxylic acids is 2. The van der Waals surface area contributed by atoms with E-state index >= 15 is 0 Å². The maximum absolute atomic E-state index is 12.2. The Kier molecular flexibility index (Phi) is 6.09. The normalized spacial score (nSPS) is 11.0. The van der Waals surface area contributed by atoms with Gasteiger partial charge in [-0.2, -0.15) is 0 Å². The average Bonchev–Trinajstić information content (AvgIpc) is 2.53. The number of nitrogens with zero attached hydrogens (tertiary/aromatic N) is 1. The molecule has 2 aromatic rings. The van der Waals surface area contributed by atoms with Crippen LogP contribution in [0.5, 0.6) is 5.75 Å². The molecule has 0 fully saturated rings. The Labute approximate surface area is 152 Å². The number of hydrogen-bond donors (Lipinski definition) is 3. The lowest BCUT2D eigenvalue weighted by Crippen LogP contribution is -2.23. The van der Waals surface area contributed by atoms with E-state index in [1.54, 1.807) is 0 Å². The molecular weight excluding hydrogens is 371 g/mol. The summed E-state index contributed by atoms with van der Waals surface area (Å²) in [4.78, 5) is 27.1. The van der Waals surface area contributed by atoms with Crippen molar-refractivity contribution in [1.29, 1.82) is 0 Å². The van der Waals surface area contributed by atoms with E-state index in [4.69, 9.17) is 0 Å². The van der Waals surface area contributed by atoms with Crippen LogP contribution in [-0.2, 0) is 11.3 Å². The molecule has 0 bridgehead atoms. The summed E-state index contributed by atoms with van der Waals surface area (Å²) in [7, 11) is 0. The quantitative estimate of drug-likeness (QED) is 0.691. The summed E-state index contributed by atoms with van der Waals surface area (Å²) in [5.74, 6) is -0.950. The molecule has 1 heterocycles. The molecule has 6 nitrogen and oxygen atoms in total. The van der Waals surface area contributed by atoms with Crippen LogP contribution in [0.1, 0.15) is 22.8 Å². The zero-order valence-electron chi connectivity index (χ0n) is 13.4. The number of halogens is 3. The molecule has 0 atom stereocenters. The molecule has 1 aromatic heterocycles. The molecule has 0 saturated carbocycles. The molecule has 2 amide bonds. The number of nitrogens with one attached hydrogen (secondary N) is 2. The second-order valence-corrected chi connectivity index (χ2v) is 5.63. The summed E-state index contributed by atoms with van der Waals surface area (Å²) < 4.78 is 40.5. The van der Waals surface area contributed by atoms with Gasteiger partial charge >= 0.3 is 6.36 Å². The Morgan fingerprint density at radius 1 is 1.23 bits per heavy atom. The molecular formula is C16H14F3N3O3S. The Morgan fingerprint density at radius 3 is 2.58 bits per heavy atom. The Balaban J connectivity index is 2.01. The van der Waals surface area contributed by atoms with E-state index in [0.717, 1.165) is 6.07 Å². The van der Waals surface area contributed by atoms with Crippen molar-refractivity contribution in [2.24, 2.45) is 0 Å². The second kappa shape index (κ2) is 8.09. The number of ether oxygens (including phenoxy) is 1. The van der Waals surface area contributed by atoms with Crippen molar-refractivity contribution in [3.05, 3.63) is 47.7 Å². The van der Waals surface area contributed by atoms with Gasteiger partial charge in [0, 0.05) is 30.1 Å². The van der Waals surface area contributed by atoms with Gasteiger partial charge in [-0.3, -0.25) is 9.59 Å². The third kappa shape index (κ3) is 5.96. The van der Waals surface area contributed by atoms with Gasteiger partial charge in [0.2, 0.25) is 5.91 Å². The lowest BCUT2D eigenvalue weighted by atomic mass is 10.2. The fourth-order valence-electron chi connectivity index (χ4n) is 1.99. The highest BCUT2D eigenvalue weighted by Gasteiger charge is 2.31. The number of rotatable bonds is 5. The minimum Gasteiger partial charge on any atom is -0.405 e. The minimum atomic E-state index is -4.81. The highest BCUT2D eigenvalue weighted by molar-refractivity contribution is 7.80. The first-order chi connectivity index (χ1) is 12.1. The van der Waals surface area contributed by atoms with E-state index in [0.29, 0.717) is 5.56 Å². The first-order valence-corrected chi connectivity index (χ1v) is 7.68. The number of thiol groups is 1. The maximum Gasteiger partial charge on any atom is 0.573 e. The number of benzene rings is 1. The molecule has 26 heavy (non-hydrogen) atoms. The molecule has 1 aromatic carbocycles. The zero-order valence-corrected chi connectivity index (χ0v) is 14.3. The van der Waals surface area contributed by atoms with Crippen LogP contribution < -0.4 is 15.4 Å². The summed E-state index contributed by atoms with van der Waals surface area (Å²) in [5.41, 5.74) is 0.806. The molecule has 10 heteroatoms. The first kappa shape index (κ1) is 19.6. The molecule has 0 aliphatic rings. The number of carbonyl (C=O) groups is 2. The summed E-state index contributed by atoms with van der Waals surface area (Å²) >= 11 is 3.95. The summed E-state index contributed by atoms with van der Waals surface area (Å²) in [6.45, 7) is 1.38. The number of anilines is 1. The van der Waals surface area contributed by atoms with Crippen LogP contribution in [0.3, 0.4) is 0 Å². The molecule has 2 rings (SSSR count). The summed E-state index contributed by atoms with van der Waals surface area (Å²) in [6, 6.07) is 6.74. The zero-order chi connectivity index (χ0) is 19.3. The van der Waals surface area contributed by atoms with Crippen LogP contribution in [0.15, 0.2) is 41.4 Å². The van der Waals surface area contributed by atoms with Crippen LogP contribution in [0, 0.1) is 0 Å². The topological polar surface area (TPSA) is 80.3 Å². The van der Waals surface area contributed by atoms with Crippen LogP contribution in [0.2, 0.25) is 0 Å². The van der Waals surface area contributed by atoms with E-state index in [-0.39, 0.29) is 28.7 Å². The van der Waals surface area contributed by atoms with E-state index in [9.17, 15) is 22.8 Å². The fourth-order valence-corrected chi connectivity index (χ4v) is 2.27. The highest BCUT2D eigenvalue weighted by atomic mass is 32.1. The molecule has 0 spiro atoms. The van der Waals surface area contributed by atoms with Gasteiger partial charge in [0.25, 0.3) is 5.91 Å². The molecule has 0 saturated heterocycles. The van der Waals surface area contributed by atoms with Crippen molar-refractivity contribution in [3.63, 3.8) is 0 Å². The molecule has 138 valence electrons. The van der Waals surface area contributed by atoms with E-state index in [2.05, 4.69) is 33.0 Å². The van der Waals surface area contributed by atoms with Gasteiger partial charge < -0.3 is 15.4 Å². The monoisotopic (exact) mass is 385 g/mol. The largest absolute Gasteiger partial charge is 0.573 e. The highest BCUT2D eigenvalue weighted by Crippen LogP contribution is 2.29. The van der Waals surface area contributed by atoms with E-state index in [1.165, 1.54) is 37.4 Å². The van der Waals surface area contributed by atoms with Gasteiger partial charge in [0.1, 0.15) is 11.6 Å². The van der Waals surface area contributed by atoms with Crippen LogP contribution >= 0.6 is 12.6 Å². The van der Waals surface area contributed by atoms with Gasteiger partial charge in [-0.25, -0.2) is 4.98 Å². The Morgan fingerprint density at radius 2 is 1.96 bits per heavy atom. The van der Waals surface area contributed by atoms with Gasteiger partial charge in [-0.15, -0.1) is 25.8 Å². The van der Waals surface area contributed by atoms with Gasteiger partial charge in [0.05, 0.1) is 0 Å². The number of aromatic nitrogens is 1. The number of alkyl halides is 3. The average molecular weight is 385 g/mol.